The summed E-state index contributed by atoms with van der Waals surface area (Å²) in [5.74, 6) is 0.436. The highest BCUT2D eigenvalue weighted by Gasteiger charge is 2.34. The quantitative estimate of drug-likeness (QED) is 0.742. The topological polar surface area (TPSA) is 81.2 Å². The summed E-state index contributed by atoms with van der Waals surface area (Å²) in [7, 11) is 0. The van der Waals surface area contributed by atoms with E-state index in [1.807, 2.05) is 18.5 Å². The van der Waals surface area contributed by atoms with Crippen LogP contribution in [0, 0.1) is 5.92 Å². The van der Waals surface area contributed by atoms with Crippen molar-refractivity contribution in [2.45, 2.75) is 25.6 Å². The third-order valence-electron chi connectivity index (χ3n) is 4.12. The molecule has 4 heterocycles. The van der Waals surface area contributed by atoms with Gasteiger partial charge in [0.05, 0.1) is 29.7 Å². The van der Waals surface area contributed by atoms with Crippen LogP contribution in [0.3, 0.4) is 0 Å². The van der Waals surface area contributed by atoms with E-state index in [1.165, 1.54) is 0 Å². The van der Waals surface area contributed by atoms with Crippen molar-refractivity contribution in [1.82, 2.24) is 19.4 Å². The fraction of sp³-hybridized carbons (Fsp3) is 0.429. The van der Waals surface area contributed by atoms with Crippen molar-refractivity contribution < 1.29 is 4.74 Å². The zero-order valence-corrected chi connectivity index (χ0v) is 11.3. The number of nitrogens with two attached hydrogens (primary N) is 1. The van der Waals surface area contributed by atoms with Crippen molar-refractivity contribution in [2.24, 2.45) is 11.7 Å². The largest absolute Gasteiger partial charge is 0.367 e. The second-order valence-corrected chi connectivity index (χ2v) is 5.47. The van der Waals surface area contributed by atoms with E-state index in [0.29, 0.717) is 12.5 Å². The molecule has 0 aromatic carbocycles. The van der Waals surface area contributed by atoms with E-state index in [0.717, 1.165) is 28.9 Å². The van der Waals surface area contributed by atoms with E-state index in [4.69, 9.17) is 10.5 Å². The molecule has 3 atom stereocenters. The maximum absolute atomic E-state index is 6.08. The van der Waals surface area contributed by atoms with Crippen molar-refractivity contribution in [2.75, 3.05) is 6.54 Å². The van der Waals surface area contributed by atoms with Crippen LogP contribution in [-0.2, 0) is 4.74 Å². The zero-order chi connectivity index (χ0) is 13.7. The normalized spacial score (nSPS) is 26.8. The number of imidazole rings is 1. The van der Waals surface area contributed by atoms with E-state index in [2.05, 4.69) is 26.3 Å². The van der Waals surface area contributed by atoms with Gasteiger partial charge in [-0.25, -0.2) is 9.97 Å². The molecule has 3 aromatic rings. The minimum Gasteiger partial charge on any atom is -0.367 e. The lowest BCUT2D eigenvalue weighted by atomic mass is 10.00. The van der Waals surface area contributed by atoms with Gasteiger partial charge in [0.25, 0.3) is 0 Å². The molecule has 0 radical (unpaired) electrons. The number of hydrogen-bond donors (Lipinski definition) is 2. The second kappa shape index (κ2) is 4.29. The van der Waals surface area contributed by atoms with Crippen molar-refractivity contribution in [1.29, 1.82) is 0 Å². The molecule has 20 heavy (non-hydrogen) atoms. The van der Waals surface area contributed by atoms with Gasteiger partial charge in [-0.3, -0.25) is 4.40 Å². The summed E-state index contributed by atoms with van der Waals surface area (Å²) in [5, 5.41) is 0. The van der Waals surface area contributed by atoms with E-state index < -0.39 is 0 Å². The van der Waals surface area contributed by atoms with Crippen molar-refractivity contribution in [3.05, 3.63) is 30.4 Å². The number of H-pyrrole nitrogens is 1. The molecule has 6 heteroatoms. The summed E-state index contributed by atoms with van der Waals surface area (Å²) in [5.41, 5.74) is 9.55. The number of fused-ring (bicyclic) bond motifs is 3. The average molecular weight is 271 g/mol. The first-order chi connectivity index (χ1) is 9.78. The van der Waals surface area contributed by atoms with Gasteiger partial charge in [-0.2, -0.15) is 0 Å². The van der Waals surface area contributed by atoms with E-state index in [-0.39, 0.29) is 12.2 Å². The van der Waals surface area contributed by atoms with E-state index in [9.17, 15) is 0 Å². The van der Waals surface area contributed by atoms with Gasteiger partial charge in [0.2, 0.25) is 0 Å². The molecule has 0 bridgehead atoms. The van der Waals surface area contributed by atoms with Crippen molar-refractivity contribution in [3.8, 4) is 0 Å². The fourth-order valence-corrected chi connectivity index (χ4v) is 3.14. The lowest BCUT2D eigenvalue weighted by Crippen LogP contribution is -2.19. The zero-order valence-electron chi connectivity index (χ0n) is 11.3. The van der Waals surface area contributed by atoms with Crippen LogP contribution in [-0.4, -0.2) is 32.0 Å². The van der Waals surface area contributed by atoms with Crippen LogP contribution in [0.25, 0.3) is 16.8 Å². The number of hydrogen-bond acceptors (Lipinski definition) is 4. The Morgan fingerprint density at radius 3 is 3.15 bits per heavy atom. The average Bonchev–Trinajstić information content (AvgIpc) is 3.13. The molecule has 1 aliphatic heterocycles. The third-order valence-corrected chi connectivity index (χ3v) is 4.12. The van der Waals surface area contributed by atoms with Gasteiger partial charge in [-0.1, -0.05) is 6.92 Å². The van der Waals surface area contributed by atoms with E-state index in [1.54, 1.807) is 6.20 Å². The summed E-state index contributed by atoms with van der Waals surface area (Å²) >= 11 is 0. The highest BCUT2D eigenvalue weighted by atomic mass is 16.5. The maximum atomic E-state index is 6.08. The minimum absolute atomic E-state index is 0.0408. The maximum Gasteiger partial charge on any atom is 0.156 e. The molecule has 0 unspecified atom stereocenters. The number of aromatic amines is 1. The molecular formula is C14H17N5O. The van der Waals surface area contributed by atoms with Crippen molar-refractivity contribution >= 4 is 16.8 Å². The molecule has 0 amide bonds. The third kappa shape index (κ3) is 1.58. The van der Waals surface area contributed by atoms with Crippen LogP contribution in [0.1, 0.15) is 25.1 Å². The molecular weight excluding hydrogens is 254 g/mol. The van der Waals surface area contributed by atoms with Gasteiger partial charge in [-0.05, 0) is 18.4 Å². The Bertz CT molecular complexity index is 761. The summed E-state index contributed by atoms with van der Waals surface area (Å²) in [4.78, 5) is 11.9. The molecule has 6 nitrogen and oxygen atoms in total. The number of aromatic nitrogens is 4. The number of nitrogens with zero attached hydrogens (tertiary/aromatic N) is 3. The first kappa shape index (κ1) is 11.9. The standard InChI is InChI=1S/C14H17N5O/c1-8-4-9(5-15)20-13(8)11-6-17-12-7-18-14-10(19(11)12)2-3-16-14/h2-3,6-9,13,16H,4-5,15H2,1H3/t8-,9-,13+/m1/s1. The molecule has 1 saturated heterocycles. The predicted octanol–water partition coefficient (Wildman–Crippen LogP) is 1.64. The minimum atomic E-state index is 0.0408. The lowest BCUT2D eigenvalue weighted by Gasteiger charge is -2.15. The Morgan fingerprint density at radius 2 is 2.35 bits per heavy atom. The summed E-state index contributed by atoms with van der Waals surface area (Å²) in [6.07, 6.45) is 6.74. The Hall–Kier alpha value is -1.92. The highest BCUT2D eigenvalue weighted by Crippen LogP contribution is 2.38. The predicted molar refractivity (Wildman–Crippen MR) is 75.3 cm³/mol. The highest BCUT2D eigenvalue weighted by molar-refractivity contribution is 5.74. The van der Waals surface area contributed by atoms with Crippen LogP contribution >= 0.6 is 0 Å². The van der Waals surface area contributed by atoms with Crippen LogP contribution in [0.2, 0.25) is 0 Å². The molecule has 3 aromatic heterocycles. The Morgan fingerprint density at radius 1 is 1.45 bits per heavy atom. The first-order valence-corrected chi connectivity index (χ1v) is 6.93. The van der Waals surface area contributed by atoms with Gasteiger partial charge in [0.15, 0.2) is 11.3 Å². The Labute approximate surface area is 116 Å². The molecule has 0 spiro atoms. The monoisotopic (exact) mass is 271 g/mol. The number of ether oxygens (including phenoxy) is 1. The molecule has 104 valence electrons. The van der Waals surface area contributed by atoms with Crippen LogP contribution in [0.4, 0.5) is 0 Å². The van der Waals surface area contributed by atoms with Crippen LogP contribution in [0.15, 0.2) is 24.7 Å². The molecule has 1 aliphatic rings. The van der Waals surface area contributed by atoms with Crippen LogP contribution in [0.5, 0.6) is 0 Å². The smallest absolute Gasteiger partial charge is 0.156 e. The first-order valence-electron chi connectivity index (χ1n) is 6.93. The Balaban J connectivity index is 1.89. The van der Waals surface area contributed by atoms with Gasteiger partial charge < -0.3 is 15.5 Å². The number of rotatable bonds is 2. The molecule has 4 rings (SSSR count). The molecule has 1 fully saturated rings. The fourth-order valence-electron chi connectivity index (χ4n) is 3.14. The van der Waals surface area contributed by atoms with E-state index >= 15 is 0 Å². The number of nitrogens with one attached hydrogen (secondary N) is 1. The Kier molecular flexibility index (Phi) is 2.55. The summed E-state index contributed by atoms with van der Waals surface area (Å²) in [6.45, 7) is 2.77. The summed E-state index contributed by atoms with van der Waals surface area (Å²) in [6, 6.07) is 2.01. The van der Waals surface area contributed by atoms with Gasteiger partial charge in [0, 0.05) is 12.7 Å². The SMILES string of the molecule is C[C@@H]1C[C@H](CN)O[C@@H]1c1cnc2cnc3[nH]ccc3n12. The van der Waals surface area contributed by atoms with Gasteiger partial charge in [-0.15, -0.1) is 0 Å². The molecule has 0 aliphatic carbocycles. The van der Waals surface area contributed by atoms with Crippen molar-refractivity contribution in [3.63, 3.8) is 0 Å². The van der Waals surface area contributed by atoms with Gasteiger partial charge in [0.1, 0.15) is 6.10 Å². The lowest BCUT2D eigenvalue weighted by molar-refractivity contribution is 0.0373. The van der Waals surface area contributed by atoms with Crippen LogP contribution < -0.4 is 5.73 Å². The summed E-state index contributed by atoms with van der Waals surface area (Å²) < 4.78 is 8.21. The van der Waals surface area contributed by atoms with Gasteiger partial charge >= 0.3 is 0 Å². The molecule has 0 saturated carbocycles. The second-order valence-electron chi connectivity index (χ2n) is 5.47. The molecule has 3 N–H and O–H groups in total.